The molecular weight excluding hydrogens is 375 g/mol. The van der Waals surface area contributed by atoms with Crippen molar-refractivity contribution < 1.29 is 0 Å². The second-order valence-corrected chi connectivity index (χ2v) is 6.21. The number of halogens is 3. The van der Waals surface area contributed by atoms with Gasteiger partial charge in [0.25, 0.3) is 0 Å². The molecule has 0 amide bonds. The molecule has 0 aliphatic carbocycles. The summed E-state index contributed by atoms with van der Waals surface area (Å²) in [6, 6.07) is 3.85. The maximum absolute atomic E-state index is 6.05. The van der Waals surface area contributed by atoms with Gasteiger partial charge in [0.2, 0.25) is 0 Å². The zero-order valence-corrected chi connectivity index (χ0v) is 12.8. The summed E-state index contributed by atoms with van der Waals surface area (Å²) in [6.07, 6.45) is 1.72. The number of thiophene rings is 1. The van der Waals surface area contributed by atoms with Crippen LogP contribution in [0, 0.1) is 0 Å². The number of aromatic nitrogens is 1. The molecule has 0 unspecified atom stereocenters. The third kappa shape index (κ3) is 2.97. The van der Waals surface area contributed by atoms with Crippen molar-refractivity contribution in [1.82, 2.24) is 4.98 Å². The van der Waals surface area contributed by atoms with E-state index in [9.17, 15) is 0 Å². The lowest BCUT2D eigenvalue weighted by atomic mass is 10.4. The average Bonchev–Trinajstić information content (AvgIpc) is 2.63. The summed E-state index contributed by atoms with van der Waals surface area (Å²) in [4.78, 5) is 5.43. The molecule has 2 heterocycles. The van der Waals surface area contributed by atoms with Crippen LogP contribution in [0.5, 0.6) is 0 Å². The summed E-state index contributed by atoms with van der Waals surface area (Å²) in [5.74, 6) is 0.699. The molecule has 0 aliphatic heterocycles. The Labute approximate surface area is 119 Å². The Morgan fingerprint density at radius 2 is 2.25 bits per heavy atom. The van der Waals surface area contributed by atoms with E-state index in [-0.39, 0.29) is 0 Å². The highest BCUT2D eigenvalue weighted by Crippen LogP contribution is 2.26. The Morgan fingerprint density at radius 3 is 2.88 bits per heavy atom. The van der Waals surface area contributed by atoms with Gasteiger partial charge < -0.3 is 5.32 Å². The minimum Gasteiger partial charge on any atom is -0.364 e. The van der Waals surface area contributed by atoms with Crippen LogP contribution < -0.4 is 5.32 Å². The smallest absolute Gasteiger partial charge is 0.145 e. The summed E-state index contributed by atoms with van der Waals surface area (Å²) in [6.45, 7) is 0.715. The highest BCUT2D eigenvalue weighted by molar-refractivity contribution is 9.10. The van der Waals surface area contributed by atoms with Gasteiger partial charge in [0, 0.05) is 20.0 Å². The second-order valence-electron chi connectivity index (χ2n) is 3.03. The highest BCUT2D eigenvalue weighted by atomic mass is 79.9. The van der Waals surface area contributed by atoms with E-state index in [2.05, 4.69) is 42.2 Å². The minimum absolute atomic E-state index is 0.613. The maximum Gasteiger partial charge on any atom is 0.145 e. The van der Waals surface area contributed by atoms with Crippen LogP contribution in [0.4, 0.5) is 5.82 Å². The van der Waals surface area contributed by atoms with E-state index in [1.807, 2.05) is 17.5 Å². The molecule has 2 nitrogen and oxygen atoms in total. The molecule has 0 spiro atoms. The van der Waals surface area contributed by atoms with Crippen molar-refractivity contribution in [3.63, 3.8) is 0 Å². The molecule has 0 fully saturated rings. The van der Waals surface area contributed by atoms with Gasteiger partial charge in [-0.1, -0.05) is 11.6 Å². The van der Waals surface area contributed by atoms with E-state index in [1.54, 1.807) is 17.5 Å². The van der Waals surface area contributed by atoms with Crippen molar-refractivity contribution in [1.29, 1.82) is 0 Å². The van der Waals surface area contributed by atoms with Gasteiger partial charge in [0.05, 0.1) is 11.6 Å². The third-order valence-corrected chi connectivity index (χ3v) is 4.56. The largest absolute Gasteiger partial charge is 0.364 e. The van der Waals surface area contributed by atoms with E-state index in [1.165, 1.54) is 4.88 Å². The normalized spacial score (nSPS) is 10.4. The minimum atomic E-state index is 0.613. The van der Waals surface area contributed by atoms with Crippen LogP contribution in [0.1, 0.15) is 4.88 Å². The van der Waals surface area contributed by atoms with Crippen LogP contribution in [-0.4, -0.2) is 4.98 Å². The zero-order valence-electron chi connectivity index (χ0n) is 8.01. The van der Waals surface area contributed by atoms with Gasteiger partial charge in [-0.3, -0.25) is 0 Å². The van der Waals surface area contributed by atoms with Gasteiger partial charge in [-0.2, -0.15) is 0 Å². The number of nitrogens with one attached hydrogen (secondary N) is 1. The van der Waals surface area contributed by atoms with Crippen molar-refractivity contribution in [3.05, 3.63) is 42.6 Å². The zero-order chi connectivity index (χ0) is 11.5. The third-order valence-electron chi connectivity index (χ3n) is 1.92. The molecule has 0 atom stereocenters. The Balaban J connectivity index is 2.08. The molecule has 2 rings (SSSR count). The summed E-state index contributed by atoms with van der Waals surface area (Å²) in [5, 5.41) is 5.85. The standard InChI is InChI=1S/C10H7Br2ClN2S/c11-6-3-8(13)10(14-4-6)15-5-9-7(12)1-2-16-9/h1-4H,5H2,(H,14,15). The molecule has 84 valence electrons. The van der Waals surface area contributed by atoms with Crippen LogP contribution in [-0.2, 0) is 6.54 Å². The SMILES string of the molecule is Clc1cc(Br)cnc1NCc1sccc1Br. The first-order valence-electron chi connectivity index (χ1n) is 4.43. The van der Waals surface area contributed by atoms with Gasteiger partial charge in [-0.05, 0) is 49.4 Å². The van der Waals surface area contributed by atoms with Crippen molar-refractivity contribution >= 4 is 60.6 Å². The fraction of sp³-hybridized carbons (Fsp3) is 0.100. The molecule has 1 N–H and O–H groups in total. The Bertz CT molecular complexity index is 501. The highest BCUT2D eigenvalue weighted by Gasteiger charge is 2.05. The van der Waals surface area contributed by atoms with Crippen molar-refractivity contribution in [3.8, 4) is 0 Å². The summed E-state index contributed by atoms with van der Waals surface area (Å²) in [5.41, 5.74) is 0. The molecule has 0 aromatic carbocycles. The molecule has 6 heteroatoms. The van der Waals surface area contributed by atoms with Crippen LogP contribution in [0.2, 0.25) is 5.02 Å². The first kappa shape index (κ1) is 12.4. The Hall–Kier alpha value is -0.100. The van der Waals surface area contributed by atoms with Crippen LogP contribution in [0.15, 0.2) is 32.7 Å². The fourth-order valence-electron chi connectivity index (χ4n) is 1.16. The quantitative estimate of drug-likeness (QED) is 0.814. The molecule has 0 saturated carbocycles. The first-order chi connectivity index (χ1) is 7.66. The van der Waals surface area contributed by atoms with Crippen molar-refractivity contribution in [2.45, 2.75) is 6.54 Å². The summed E-state index contributed by atoms with van der Waals surface area (Å²) < 4.78 is 1.98. The predicted molar refractivity (Wildman–Crippen MR) is 76.3 cm³/mol. The van der Waals surface area contributed by atoms with Crippen molar-refractivity contribution in [2.24, 2.45) is 0 Å². The molecule has 0 radical (unpaired) electrons. The first-order valence-corrected chi connectivity index (χ1v) is 7.28. The Morgan fingerprint density at radius 1 is 1.44 bits per heavy atom. The number of nitrogens with zero attached hydrogens (tertiary/aromatic N) is 1. The number of hydrogen-bond donors (Lipinski definition) is 1. The molecule has 16 heavy (non-hydrogen) atoms. The van der Waals surface area contributed by atoms with Crippen LogP contribution >= 0.6 is 54.8 Å². The van der Waals surface area contributed by atoms with E-state index in [4.69, 9.17) is 11.6 Å². The number of pyridine rings is 1. The van der Waals surface area contributed by atoms with E-state index >= 15 is 0 Å². The average molecular weight is 383 g/mol. The van der Waals surface area contributed by atoms with Gasteiger partial charge in [0.1, 0.15) is 5.82 Å². The fourth-order valence-corrected chi connectivity index (χ4v) is 3.29. The molecule has 0 saturated heterocycles. The van der Waals surface area contributed by atoms with Gasteiger partial charge in [-0.25, -0.2) is 4.98 Å². The lowest BCUT2D eigenvalue weighted by molar-refractivity contribution is 1.13. The second kappa shape index (κ2) is 5.49. The molecule has 0 aliphatic rings. The van der Waals surface area contributed by atoms with E-state index in [0.717, 1.165) is 8.95 Å². The topological polar surface area (TPSA) is 24.9 Å². The van der Waals surface area contributed by atoms with Crippen molar-refractivity contribution in [2.75, 3.05) is 5.32 Å². The Kier molecular flexibility index (Phi) is 4.24. The predicted octanol–water partition coefficient (Wildman–Crippen LogP) is 4.93. The summed E-state index contributed by atoms with van der Waals surface area (Å²) >= 11 is 14.5. The van der Waals surface area contributed by atoms with Gasteiger partial charge in [-0.15, -0.1) is 11.3 Å². The molecule has 2 aromatic rings. The molecule has 2 aromatic heterocycles. The van der Waals surface area contributed by atoms with E-state index in [0.29, 0.717) is 17.4 Å². The molecular formula is C10H7Br2ClN2S. The molecule has 0 bridgehead atoms. The van der Waals surface area contributed by atoms with E-state index < -0.39 is 0 Å². The number of anilines is 1. The van der Waals surface area contributed by atoms with Crippen LogP contribution in [0.25, 0.3) is 0 Å². The summed E-state index contributed by atoms with van der Waals surface area (Å²) in [7, 11) is 0. The monoisotopic (exact) mass is 380 g/mol. The number of hydrogen-bond acceptors (Lipinski definition) is 3. The lowest BCUT2D eigenvalue weighted by Crippen LogP contribution is -2.00. The van der Waals surface area contributed by atoms with Crippen LogP contribution in [0.3, 0.4) is 0 Å². The number of rotatable bonds is 3. The maximum atomic E-state index is 6.05. The van der Waals surface area contributed by atoms with Gasteiger partial charge in [0.15, 0.2) is 0 Å². The van der Waals surface area contributed by atoms with Gasteiger partial charge >= 0.3 is 0 Å². The lowest BCUT2D eigenvalue weighted by Gasteiger charge is -2.06.